The molecule has 22 heavy (non-hydrogen) atoms. The van der Waals surface area contributed by atoms with Crippen molar-refractivity contribution >= 4 is 29.1 Å². The zero-order valence-electron chi connectivity index (χ0n) is 12.9. The molecule has 1 aliphatic carbocycles. The van der Waals surface area contributed by atoms with Crippen LogP contribution in [0.2, 0.25) is 0 Å². The fourth-order valence-electron chi connectivity index (χ4n) is 2.18. The van der Waals surface area contributed by atoms with Crippen LogP contribution >= 0.6 is 0 Å². The van der Waals surface area contributed by atoms with Gasteiger partial charge in [0.2, 0.25) is 17.7 Å². The Morgan fingerprint density at radius 2 is 1.55 bits per heavy atom. The molecule has 3 amide bonds. The van der Waals surface area contributed by atoms with Gasteiger partial charge in [0.25, 0.3) is 0 Å². The molecule has 0 atom stereocenters. The Morgan fingerprint density at radius 3 is 2.00 bits per heavy atom. The molecule has 0 unspecified atom stereocenters. The van der Waals surface area contributed by atoms with Crippen LogP contribution in [0, 0.1) is 5.41 Å². The van der Waals surface area contributed by atoms with Crippen LogP contribution < -0.4 is 16.0 Å². The smallest absolute Gasteiger partial charge is 0.240 e. The van der Waals surface area contributed by atoms with E-state index in [1.54, 1.807) is 24.3 Å². The number of hydrogen-bond donors (Lipinski definition) is 3. The lowest BCUT2D eigenvalue weighted by atomic mass is 10.0. The van der Waals surface area contributed by atoms with Crippen LogP contribution in [-0.2, 0) is 14.4 Å². The Balaban J connectivity index is 1.97. The fourth-order valence-corrected chi connectivity index (χ4v) is 2.18. The highest BCUT2D eigenvalue weighted by Gasteiger charge is 2.56. The molecule has 2 rings (SSSR count). The molecule has 0 aliphatic heterocycles. The fraction of sp³-hybridized carbons (Fsp3) is 0.438. The van der Waals surface area contributed by atoms with Crippen LogP contribution in [0.3, 0.4) is 0 Å². The van der Waals surface area contributed by atoms with Crippen LogP contribution in [0.5, 0.6) is 0 Å². The van der Waals surface area contributed by atoms with Crippen molar-refractivity contribution < 1.29 is 14.4 Å². The van der Waals surface area contributed by atoms with Gasteiger partial charge in [-0.1, -0.05) is 6.92 Å². The van der Waals surface area contributed by atoms with Gasteiger partial charge in [-0.15, -0.1) is 0 Å². The van der Waals surface area contributed by atoms with Crippen LogP contribution in [0.15, 0.2) is 24.3 Å². The van der Waals surface area contributed by atoms with Crippen molar-refractivity contribution in [1.82, 2.24) is 5.32 Å². The maximum Gasteiger partial charge on any atom is 0.240 e. The van der Waals surface area contributed by atoms with E-state index in [-0.39, 0.29) is 17.7 Å². The van der Waals surface area contributed by atoms with Gasteiger partial charge in [-0.2, -0.15) is 0 Å². The van der Waals surface area contributed by atoms with E-state index in [4.69, 9.17) is 0 Å². The molecule has 1 aromatic carbocycles. The summed E-state index contributed by atoms with van der Waals surface area (Å²) in [5.74, 6) is -0.614. The second kappa shape index (κ2) is 6.60. The average molecular weight is 303 g/mol. The first-order valence-electron chi connectivity index (χ1n) is 7.45. The van der Waals surface area contributed by atoms with Gasteiger partial charge < -0.3 is 16.0 Å². The van der Waals surface area contributed by atoms with Crippen LogP contribution in [0.4, 0.5) is 11.4 Å². The summed E-state index contributed by atoms with van der Waals surface area (Å²) < 4.78 is 0. The van der Waals surface area contributed by atoms with Crippen molar-refractivity contribution in [1.29, 1.82) is 0 Å². The third kappa shape index (κ3) is 3.63. The minimum Gasteiger partial charge on any atom is -0.355 e. The normalized spacial score (nSPS) is 14.8. The van der Waals surface area contributed by atoms with Crippen molar-refractivity contribution in [3.05, 3.63) is 24.3 Å². The van der Waals surface area contributed by atoms with E-state index in [0.29, 0.717) is 30.8 Å². The first-order valence-corrected chi connectivity index (χ1v) is 7.45. The van der Waals surface area contributed by atoms with Gasteiger partial charge in [0.05, 0.1) is 0 Å². The summed E-state index contributed by atoms with van der Waals surface area (Å²) in [6, 6.07) is 6.80. The topological polar surface area (TPSA) is 87.3 Å². The average Bonchev–Trinajstić information content (AvgIpc) is 3.28. The molecule has 1 aliphatic rings. The van der Waals surface area contributed by atoms with E-state index in [1.165, 1.54) is 6.92 Å². The van der Waals surface area contributed by atoms with Crippen molar-refractivity contribution in [3.8, 4) is 0 Å². The second-order valence-corrected chi connectivity index (χ2v) is 5.55. The first kappa shape index (κ1) is 16.0. The maximum absolute atomic E-state index is 12.3. The van der Waals surface area contributed by atoms with Gasteiger partial charge >= 0.3 is 0 Å². The molecule has 0 radical (unpaired) electrons. The van der Waals surface area contributed by atoms with E-state index in [2.05, 4.69) is 16.0 Å². The molecule has 6 nitrogen and oxygen atoms in total. The molecule has 0 heterocycles. The van der Waals surface area contributed by atoms with Crippen molar-refractivity contribution in [2.24, 2.45) is 5.41 Å². The Hall–Kier alpha value is -2.37. The van der Waals surface area contributed by atoms with E-state index < -0.39 is 5.41 Å². The predicted octanol–water partition coefficient (Wildman–Crippen LogP) is 1.89. The SMILES string of the molecule is CCCNC(=O)C1(C(=O)Nc2ccc(NC(C)=O)cc2)CC1. The largest absolute Gasteiger partial charge is 0.355 e. The molecule has 118 valence electrons. The minimum absolute atomic E-state index is 0.152. The number of benzene rings is 1. The zero-order chi connectivity index (χ0) is 16.2. The molecule has 6 heteroatoms. The molecule has 1 saturated carbocycles. The first-order chi connectivity index (χ1) is 10.5. The van der Waals surface area contributed by atoms with Crippen LogP contribution in [0.25, 0.3) is 0 Å². The number of carbonyl (C=O) groups is 3. The van der Waals surface area contributed by atoms with E-state index in [9.17, 15) is 14.4 Å². The highest BCUT2D eigenvalue weighted by Crippen LogP contribution is 2.46. The predicted molar refractivity (Wildman–Crippen MR) is 84.3 cm³/mol. The van der Waals surface area contributed by atoms with E-state index in [1.807, 2.05) is 6.92 Å². The van der Waals surface area contributed by atoms with Gasteiger partial charge in [-0.25, -0.2) is 0 Å². The van der Waals surface area contributed by atoms with Gasteiger partial charge in [0.1, 0.15) is 5.41 Å². The van der Waals surface area contributed by atoms with Gasteiger partial charge in [-0.05, 0) is 43.5 Å². The van der Waals surface area contributed by atoms with Crippen LogP contribution in [0.1, 0.15) is 33.1 Å². The summed E-state index contributed by atoms with van der Waals surface area (Å²) in [6.45, 7) is 3.98. The summed E-state index contributed by atoms with van der Waals surface area (Å²) in [7, 11) is 0. The molecule has 3 N–H and O–H groups in total. The monoisotopic (exact) mass is 303 g/mol. The lowest BCUT2D eigenvalue weighted by Crippen LogP contribution is -2.40. The van der Waals surface area contributed by atoms with Crippen LogP contribution in [-0.4, -0.2) is 24.3 Å². The standard InChI is InChI=1S/C16H21N3O3/c1-3-10-17-14(21)16(8-9-16)15(22)19-13-6-4-12(5-7-13)18-11(2)20/h4-7H,3,8-10H2,1-2H3,(H,17,21)(H,18,20)(H,19,22). The summed E-state index contributed by atoms with van der Waals surface area (Å²) in [4.78, 5) is 35.3. The second-order valence-electron chi connectivity index (χ2n) is 5.55. The maximum atomic E-state index is 12.3. The van der Waals surface area contributed by atoms with Crippen molar-refractivity contribution in [3.63, 3.8) is 0 Å². The molecular weight excluding hydrogens is 282 g/mol. The minimum atomic E-state index is -0.911. The Kier molecular flexibility index (Phi) is 4.80. The lowest BCUT2D eigenvalue weighted by Gasteiger charge is -2.15. The van der Waals surface area contributed by atoms with Crippen molar-refractivity contribution in [2.75, 3.05) is 17.2 Å². The summed E-state index contributed by atoms with van der Waals surface area (Å²) in [5, 5.41) is 8.21. The molecule has 0 bridgehead atoms. The van der Waals surface area contributed by atoms with Gasteiger partial charge in [-0.3, -0.25) is 14.4 Å². The number of hydrogen-bond acceptors (Lipinski definition) is 3. The van der Waals surface area contributed by atoms with Crippen molar-refractivity contribution in [2.45, 2.75) is 33.1 Å². The third-order valence-electron chi connectivity index (χ3n) is 3.62. The highest BCUT2D eigenvalue weighted by atomic mass is 16.2. The third-order valence-corrected chi connectivity index (χ3v) is 3.62. The zero-order valence-corrected chi connectivity index (χ0v) is 12.9. The highest BCUT2D eigenvalue weighted by molar-refractivity contribution is 6.13. The number of amides is 3. The van der Waals surface area contributed by atoms with Gasteiger partial charge in [0.15, 0.2) is 0 Å². The Morgan fingerprint density at radius 1 is 1.00 bits per heavy atom. The van der Waals surface area contributed by atoms with E-state index >= 15 is 0 Å². The molecule has 1 fully saturated rings. The molecular formula is C16H21N3O3. The Bertz CT molecular complexity index is 577. The summed E-state index contributed by atoms with van der Waals surface area (Å²) in [5.41, 5.74) is 0.354. The molecule has 0 aromatic heterocycles. The summed E-state index contributed by atoms with van der Waals surface area (Å²) >= 11 is 0. The Labute approximate surface area is 129 Å². The molecule has 1 aromatic rings. The molecule has 0 spiro atoms. The number of carbonyl (C=O) groups excluding carboxylic acids is 3. The number of rotatable bonds is 6. The van der Waals surface area contributed by atoms with E-state index in [0.717, 1.165) is 6.42 Å². The lowest BCUT2D eigenvalue weighted by molar-refractivity contribution is -0.134. The van der Waals surface area contributed by atoms with Gasteiger partial charge in [0, 0.05) is 24.8 Å². The number of anilines is 2. The number of nitrogens with one attached hydrogen (secondary N) is 3. The summed E-state index contributed by atoms with van der Waals surface area (Å²) in [6.07, 6.45) is 2.00. The molecule has 0 saturated heterocycles. The quantitative estimate of drug-likeness (QED) is 0.701.